The molecule has 0 amide bonds. The zero-order chi connectivity index (χ0) is 10.8. The summed E-state index contributed by atoms with van der Waals surface area (Å²) >= 11 is 0. The van der Waals surface area contributed by atoms with E-state index in [0.29, 0.717) is 11.1 Å². The first kappa shape index (κ1) is 9.58. The molecule has 4 heteroatoms. The molecule has 0 spiro atoms. The molecular formula is C11H8F2N2. The number of rotatable bonds is 1. The quantitative estimate of drug-likeness (QED) is 0.778. The molecule has 0 saturated carbocycles. The largest absolute Gasteiger partial charge is 0.396 e. The van der Waals surface area contributed by atoms with Gasteiger partial charge in [-0.25, -0.2) is 8.78 Å². The van der Waals surface area contributed by atoms with Crippen LogP contribution in [0.1, 0.15) is 0 Å². The van der Waals surface area contributed by atoms with Gasteiger partial charge in [0.25, 0.3) is 0 Å². The number of nitrogens with two attached hydrogens (primary N) is 1. The SMILES string of the molecule is Nc1c(F)cncc1-c1cccc(F)c1. The molecule has 0 atom stereocenters. The van der Waals surface area contributed by atoms with Gasteiger partial charge < -0.3 is 5.73 Å². The Morgan fingerprint density at radius 1 is 1.13 bits per heavy atom. The average molecular weight is 206 g/mol. The van der Waals surface area contributed by atoms with E-state index in [1.807, 2.05) is 0 Å². The lowest BCUT2D eigenvalue weighted by molar-refractivity contribution is 0.625. The Labute approximate surface area is 85.4 Å². The van der Waals surface area contributed by atoms with E-state index in [9.17, 15) is 8.78 Å². The van der Waals surface area contributed by atoms with E-state index < -0.39 is 11.6 Å². The lowest BCUT2D eigenvalue weighted by Crippen LogP contribution is -1.95. The first-order chi connectivity index (χ1) is 7.18. The summed E-state index contributed by atoms with van der Waals surface area (Å²) in [5, 5.41) is 0. The van der Waals surface area contributed by atoms with Crippen LogP contribution in [0.15, 0.2) is 36.7 Å². The second-order valence-electron chi connectivity index (χ2n) is 3.09. The molecule has 2 rings (SSSR count). The van der Waals surface area contributed by atoms with Crippen LogP contribution in [0.25, 0.3) is 11.1 Å². The zero-order valence-electron chi connectivity index (χ0n) is 7.74. The molecule has 0 unspecified atom stereocenters. The number of pyridine rings is 1. The summed E-state index contributed by atoms with van der Waals surface area (Å²) in [6, 6.07) is 5.78. The van der Waals surface area contributed by atoms with Crippen molar-refractivity contribution in [3.8, 4) is 11.1 Å². The van der Waals surface area contributed by atoms with Crippen LogP contribution in [0, 0.1) is 11.6 Å². The molecule has 0 bridgehead atoms. The fraction of sp³-hybridized carbons (Fsp3) is 0. The van der Waals surface area contributed by atoms with Crippen molar-refractivity contribution in [3.63, 3.8) is 0 Å². The smallest absolute Gasteiger partial charge is 0.164 e. The highest BCUT2D eigenvalue weighted by Crippen LogP contribution is 2.26. The van der Waals surface area contributed by atoms with Crippen LogP contribution in [-0.2, 0) is 0 Å². The van der Waals surface area contributed by atoms with E-state index >= 15 is 0 Å². The Morgan fingerprint density at radius 2 is 1.93 bits per heavy atom. The van der Waals surface area contributed by atoms with Gasteiger partial charge in [-0.15, -0.1) is 0 Å². The summed E-state index contributed by atoms with van der Waals surface area (Å²) in [5.74, 6) is -0.993. The predicted molar refractivity (Wildman–Crippen MR) is 54.0 cm³/mol. The summed E-state index contributed by atoms with van der Waals surface area (Å²) in [5.41, 5.74) is 6.42. The van der Waals surface area contributed by atoms with Gasteiger partial charge in [0.05, 0.1) is 11.9 Å². The summed E-state index contributed by atoms with van der Waals surface area (Å²) in [6.07, 6.45) is 2.44. The van der Waals surface area contributed by atoms with Crippen molar-refractivity contribution in [2.24, 2.45) is 0 Å². The van der Waals surface area contributed by atoms with Crippen molar-refractivity contribution in [2.45, 2.75) is 0 Å². The van der Waals surface area contributed by atoms with Crippen molar-refractivity contribution < 1.29 is 8.78 Å². The molecule has 0 aliphatic carbocycles. The third kappa shape index (κ3) is 1.79. The molecule has 0 aliphatic heterocycles. The molecule has 2 nitrogen and oxygen atoms in total. The molecule has 0 radical (unpaired) electrons. The van der Waals surface area contributed by atoms with Gasteiger partial charge in [-0.1, -0.05) is 12.1 Å². The van der Waals surface area contributed by atoms with Crippen LogP contribution in [0.2, 0.25) is 0 Å². The van der Waals surface area contributed by atoms with Gasteiger partial charge in [0.15, 0.2) is 5.82 Å². The van der Waals surface area contributed by atoms with Gasteiger partial charge in [0.2, 0.25) is 0 Å². The van der Waals surface area contributed by atoms with Gasteiger partial charge in [-0.2, -0.15) is 0 Å². The number of anilines is 1. The third-order valence-corrected chi connectivity index (χ3v) is 2.07. The predicted octanol–water partition coefficient (Wildman–Crippen LogP) is 2.61. The van der Waals surface area contributed by atoms with Gasteiger partial charge in [0, 0.05) is 11.8 Å². The highest BCUT2D eigenvalue weighted by molar-refractivity contribution is 5.75. The molecule has 0 saturated heterocycles. The molecular weight excluding hydrogens is 198 g/mol. The van der Waals surface area contributed by atoms with E-state index in [1.165, 1.54) is 24.4 Å². The van der Waals surface area contributed by atoms with E-state index in [4.69, 9.17) is 5.73 Å². The monoisotopic (exact) mass is 206 g/mol. The maximum Gasteiger partial charge on any atom is 0.164 e. The van der Waals surface area contributed by atoms with Crippen LogP contribution in [-0.4, -0.2) is 4.98 Å². The normalized spacial score (nSPS) is 10.3. The highest BCUT2D eigenvalue weighted by atomic mass is 19.1. The van der Waals surface area contributed by atoms with Gasteiger partial charge in [0.1, 0.15) is 5.82 Å². The first-order valence-corrected chi connectivity index (χ1v) is 4.33. The summed E-state index contributed by atoms with van der Waals surface area (Å²) in [4.78, 5) is 3.67. The number of halogens is 2. The maximum absolute atomic E-state index is 13.1. The lowest BCUT2D eigenvalue weighted by atomic mass is 10.1. The standard InChI is InChI=1S/C11H8F2N2/c12-8-3-1-2-7(4-8)9-5-15-6-10(13)11(9)14/h1-6H,(H2,14,15). The Hall–Kier alpha value is -1.97. The van der Waals surface area contributed by atoms with Crippen LogP contribution < -0.4 is 5.73 Å². The number of benzene rings is 1. The second kappa shape index (κ2) is 3.65. The van der Waals surface area contributed by atoms with Crippen molar-refractivity contribution >= 4 is 5.69 Å². The number of hydrogen-bond acceptors (Lipinski definition) is 2. The minimum Gasteiger partial charge on any atom is -0.396 e. The lowest BCUT2D eigenvalue weighted by Gasteiger charge is -2.05. The summed E-state index contributed by atoms with van der Waals surface area (Å²) in [6.45, 7) is 0. The first-order valence-electron chi connectivity index (χ1n) is 4.33. The number of aromatic nitrogens is 1. The van der Waals surface area contributed by atoms with Gasteiger partial charge in [-0.3, -0.25) is 4.98 Å². The molecule has 1 aromatic carbocycles. The van der Waals surface area contributed by atoms with E-state index in [0.717, 1.165) is 6.20 Å². The molecule has 15 heavy (non-hydrogen) atoms. The Kier molecular flexibility index (Phi) is 2.33. The van der Waals surface area contributed by atoms with Crippen LogP contribution >= 0.6 is 0 Å². The fourth-order valence-electron chi connectivity index (χ4n) is 1.33. The third-order valence-electron chi connectivity index (χ3n) is 2.07. The molecule has 76 valence electrons. The molecule has 1 heterocycles. The maximum atomic E-state index is 13.1. The van der Waals surface area contributed by atoms with E-state index in [2.05, 4.69) is 4.98 Å². The zero-order valence-corrected chi connectivity index (χ0v) is 7.74. The van der Waals surface area contributed by atoms with Crippen molar-refractivity contribution in [2.75, 3.05) is 5.73 Å². The van der Waals surface area contributed by atoms with Gasteiger partial charge >= 0.3 is 0 Å². The van der Waals surface area contributed by atoms with E-state index in [-0.39, 0.29) is 5.69 Å². The number of hydrogen-bond donors (Lipinski definition) is 1. The fourth-order valence-corrected chi connectivity index (χ4v) is 1.33. The van der Waals surface area contributed by atoms with E-state index in [1.54, 1.807) is 6.07 Å². The molecule has 0 fully saturated rings. The highest BCUT2D eigenvalue weighted by Gasteiger charge is 2.07. The summed E-state index contributed by atoms with van der Waals surface area (Å²) in [7, 11) is 0. The second-order valence-corrected chi connectivity index (χ2v) is 3.09. The minimum absolute atomic E-state index is 0.0180. The average Bonchev–Trinajstić information content (AvgIpc) is 2.22. The molecule has 2 N–H and O–H groups in total. The number of nitrogen functional groups attached to an aromatic ring is 1. The Balaban J connectivity index is 2.59. The van der Waals surface area contributed by atoms with Crippen molar-refractivity contribution in [3.05, 3.63) is 48.3 Å². The Bertz CT molecular complexity index is 498. The molecule has 0 aliphatic rings. The Morgan fingerprint density at radius 3 is 2.67 bits per heavy atom. The van der Waals surface area contributed by atoms with Crippen LogP contribution in [0.3, 0.4) is 0 Å². The van der Waals surface area contributed by atoms with Crippen LogP contribution in [0.4, 0.5) is 14.5 Å². The van der Waals surface area contributed by atoms with Crippen molar-refractivity contribution in [1.29, 1.82) is 0 Å². The number of nitrogens with zero attached hydrogens (tertiary/aromatic N) is 1. The van der Waals surface area contributed by atoms with Crippen molar-refractivity contribution in [1.82, 2.24) is 4.98 Å². The van der Waals surface area contributed by atoms with Crippen LogP contribution in [0.5, 0.6) is 0 Å². The topological polar surface area (TPSA) is 38.9 Å². The molecule has 2 aromatic rings. The summed E-state index contributed by atoms with van der Waals surface area (Å²) < 4.78 is 26.0. The molecule has 1 aromatic heterocycles. The van der Waals surface area contributed by atoms with Gasteiger partial charge in [-0.05, 0) is 17.7 Å². The minimum atomic E-state index is -0.600.